The molecule has 3 aromatic carbocycles. The molecule has 0 aliphatic heterocycles. The first-order valence-corrected chi connectivity index (χ1v) is 13.3. The van der Waals surface area contributed by atoms with Crippen LogP contribution in [0, 0.1) is 11.3 Å². The van der Waals surface area contributed by atoms with E-state index in [0.29, 0.717) is 18.8 Å². The highest BCUT2D eigenvalue weighted by Crippen LogP contribution is 2.48. The highest BCUT2D eigenvalue weighted by atomic mass is 16.6. The average molecular weight is 534 g/mol. The number of anilines is 1. The Balaban J connectivity index is 1.26. The molecule has 0 saturated heterocycles. The maximum Gasteiger partial charge on any atom is 0.413 e. The standard InChI is InChI=1S/C32H31N5O3/c1-22(23-7-4-3-5-8-23)40-31(39)36-29-28(21-35-37(29)2)26-11-9-24(10-12-26)25-13-15-27(16-14-25)32(17-18-32)30(38)34-20-6-19-33/h3-5,7-16,21-22H,6,17-18,20H2,1-2H3,(H,34,38)(H,36,39). The fourth-order valence-electron chi connectivity index (χ4n) is 4.87. The SMILES string of the molecule is CC(OC(=O)Nc1c(-c2ccc(-c3ccc(C4(C(=O)NCCC#N)CC4)cc3)cc2)cnn1C)c1ccccc1. The van der Waals surface area contributed by atoms with Crippen molar-refractivity contribution in [2.24, 2.45) is 7.05 Å². The van der Waals surface area contributed by atoms with Crippen LogP contribution in [0.15, 0.2) is 85.1 Å². The summed E-state index contributed by atoms with van der Waals surface area (Å²) < 4.78 is 7.19. The quantitative estimate of drug-likeness (QED) is 0.252. The van der Waals surface area contributed by atoms with Gasteiger partial charge in [0.2, 0.25) is 5.91 Å². The number of nitrogens with zero attached hydrogens (tertiary/aromatic N) is 3. The largest absolute Gasteiger partial charge is 0.441 e. The summed E-state index contributed by atoms with van der Waals surface area (Å²) in [6.45, 7) is 2.21. The van der Waals surface area contributed by atoms with Crippen LogP contribution in [0.1, 0.15) is 43.4 Å². The Morgan fingerprint density at radius 1 is 1.00 bits per heavy atom. The molecule has 4 aromatic rings. The Labute approximate surface area is 233 Å². The second-order valence-electron chi connectivity index (χ2n) is 10.0. The van der Waals surface area contributed by atoms with Gasteiger partial charge in [-0.1, -0.05) is 78.9 Å². The van der Waals surface area contributed by atoms with Crippen LogP contribution in [-0.4, -0.2) is 28.3 Å². The third kappa shape index (κ3) is 5.59. The number of carbonyl (C=O) groups is 2. The number of hydrogen-bond donors (Lipinski definition) is 2. The number of benzene rings is 3. The van der Waals surface area contributed by atoms with Crippen LogP contribution in [0.5, 0.6) is 0 Å². The minimum Gasteiger partial charge on any atom is -0.441 e. The number of nitriles is 1. The van der Waals surface area contributed by atoms with Crippen LogP contribution in [0.4, 0.5) is 10.6 Å². The zero-order chi connectivity index (χ0) is 28.1. The summed E-state index contributed by atoms with van der Waals surface area (Å²) in [6, 6.07) is 27.8. The van der Waals surface area contributed by atoms with Gasteiger partial charge in [0.1, 0.15) is 11.9 Å². The van der Waals surface area contributed by atoms with Gasteiger partial charge >= 0.3 is 6.09 Å². The van der Waals surface area contributed by atoms with E-state index < -0.39 is 17.6 Å². The van der Waals surface area contributed by atoms with Crippen molar-refractivity contribution in [2.75, 3.05) is 11.9 Å². The third-order valence-corrected chi connectivity index (χ3v) is 7.39. The second kappa shape index (κ2) is 11.5. The summed E-state index contributed by atoms with van der Waals surface area (Å²) in [6.07, 6.45) is 2.72. The molecule has 1 aliphatic carbocycles. The molecule has 1 atom stereocenters. The van der Waals surface area contributed by atoms with Crippen LogP contribution in [0.2, 0.25) is 0 Å². The van der Waals surface area contributed by atoms with Gasteiger partial charge in [0, 0.05) is 19.2 Å². The lowest BCUT2D eigenvalue weighted by Gasteiger charge is -2.16. The van der Waals surface area contributed by atoms with Crippen molar-refractivity contribution in [2.45, 2.75) is 37.7 Å². The number of hydrogen-bond acceptors (Lipinski definition) is 5. The molecule has 1 heterocycles. The Hall–Kier alpha value is -4.90. The first-order chi connectivity index (χ1) is 19.4. The van der Waals surface area contributed by atoms with E-state index in [1.54, 1.807) is 17.9 Å². The fourth-order valence-corrected chi connectivity index (χ4v) is 4.87. The predicted octanol–water partition coefficient (Wildman–Crippen LogP) is 6.13. The summed E-state index contributed by atoms with van der Waals surface area (Å²) in [5.41, 5.74) is 5.21. The minimum atomic E-state index is -0.551. The van der Waals surface area contributed by atoms with Gasteiger partial charge in [-0.15, -0.1) is 0 Å². The number of carbonyl (C=O) groups excluding carboxylic acids is 2. The molecule has 2 N–H and O–H groups in total. The molecule has 8 heteroatoms. The van der Waals surface area contributed by atoms with Crippen molar-refractivity contribution in [3.8, 4) is 28.3 Å². The monoisotopic (exact) mass is 533 g/mol. The van der Waals surface area contributed by atoms with Gasteiger partial charge in [0.25, 0.3) is 0 Å². The van der Waals surface area contributed by atoms with Gasteiger partial charge < -0.3 is 10.1 Å². The van der Waals surface area contributed by atoms with Gasteiger partial charge in [0.15, 0.2) is 0 Å². The van der Waals surface area contributed by atoms with E-state index in [1.165, 1.54) is 0 Å². The number of aryl methyl sites for hydroxylation is 1. The van der Waals surface area contributed by atoms with E-state index in [0.717, 1.165) is 46.2 Å². The van der Waals surface area contributed by atoms with Crippen molar-refractivity contribution >= 4 is 17.8 Å². The maximum atomic E-state index is 12.7. The highest BCUT2D eigenvalue weighted by molar-refractivity contribution is 5.92. The van der Waals surface area contributed by atoms with Gasteiger partial charge in [-0.25, -0.2) is 4.79 Å². The van der Waals surface area contributed by atoms with Crippen molar-refractivity contribution in [3.63, 3.8) is 0 Å². The van der Waals surface area contributed by atoms with Crippen LogP contribution >= 0.6 is 0 Å². The predicted molar refractivity (Wildman–Crippen MR) is 153 cm³/mol. The molecule has 5 rings (SSSR count). The molecule has 8 nitrogen and oxygen atoms in total. The van der Waals surface area contributed by atoms with Crippen LogP contribution < -0.4 is 10.6 Å². The third-order valence-electron chi connectivity index (χ3n) is 7.39. The van der Waals surface area contributed by atoms with Gasteiger partial charge in [-0.2, -0.15) is 10.4 Å². The first kappa shape index (κ1) is 26.7. The van der Waals surface area contributed by atoms with E-state index in [-0.39, 0.29) is 5.91 Å². The number of ether oxygens (including phenoxy) is 1. The van der Waals surface area contributed by atoms with Crippen molar-refractivity contribution in [3.05, 3.63) is 96.2 Å². The van der Waals surface area contributed by atoms with E-state index in [2.05, 4.69) is 21.8 Å². The zero-order valence-corrected chi connectivity index (χ0v) is 22.6. The molecule has 0 bridgehead atoms. The van der Waals surface area contributed by atoms with E-state index in [1.807, 2.05) is 85.8 Å². The maximum absolute atomic E-state index is 12.7. The highest BCUT2D eigenvalue weighted by Gasteiger charge is 2.50. The summed E-state index contributed by atoms with van der Waals surface area (Å²) in [5.74, 6) is 0.546. The normalized spacial score (nSPS) is 14.0. The zero-order valence-electron chi connectivity index (χ0n) is 22.6. The van der Waals surface area contributed by atoms with Gasteiger partial charge in [0.05, 0.1) is 24.1 Å². The lowest BCUT2D eigenvalue weighted by atomic mass is 9.92. The summed E-state index contributed by atoms with van der Waals surface area (Å²) in [7, 11) is 1.77. The Kier molecular flexibility index (Phi) is 7.65. The Morgan fingerprint density at radius 2 is 1.62 bits per heavy atom. The topological polar surface area (TPSA) is 109 Å². The summed E-state index contributed by atoms with van der Waals surface area (Å²) in [4.78, 5) is 25.3. The number of amides is 2. The van der Waals surface area contributed by atoms with E-state index >= 15 is 0 Å². The Bertz CT molecular complexity index is 1530. The average Bonchev–Trinajstić information content (AvgIpc) is 3.72. The second-order valence-corrected chi connectivity index (χ2v) is 10.0. The molecule has 1 saturated carbocycles. The molecular weight excluding hydrogens is 502 g/mol. The molecule has 0 radical (unpaired) electrons. The van der Waals surface area contributed by atoms with Crippen LogP contribution in [0.3, 0.4) is 0 Å². The van der Waals surface area contributed by atoms with Crippen LogP contribution in [0.25, 0.3) is 22.3 Å². The summed E-state index contributed by atoms with van der Waals surface area (Å²) in [5, 5.41) is 18.8. The first-order valence-electron chi connectivity index (χ1n) is 13.3. The smallest absolute Gasteiger partial charge is 0.413 e. The molecule has 1 aliphatic rings. The van der Waals surface area contributed by atoms with Crippen molar-refractivity contribution in [1.29, 1.82) is 5.26 Å². The molecule has 1 fully saturated rings. The van der Waals surface area contributed by atoms with Gasteiger partial charge in [-0.3, -0.25) is 14.8 Å². The minimum absolute atomic E-state index is 0.000795. The molecule has 202 valence electrons. The summed E-state index contributed by atoms with van der Waals surface area (Å²) >= 11 is 0. The molecule has 1 aromatic heterocycles. The fraction of sp³-hybridized carbons (Fsp3) is 0.250. The lowest BCUT2D eigenvalue weighted by Crippen LogP contribution is -2.35. The van der Waals surface area contributed by atoms with Crippen molar-refractivity contribution in [1.82, 2.24) is 15.1 Å². The molecule has 0 spiro atoms. The molecule has 2 amide bonds. The van der Waals surface area contributed by atoms with Gasteiger partial charge in [-0.05, 0) is 47.6 Å². The number of aromatic nitrogens is 2. The lowest BCUT2D eigenvalue weighted by molar-refractivity contribution is -0.123. The molecule has 40 heavy (non-hydrogen) atoms. The van der Waals surface area contributed by atoms with E-state index in [9.17, 15) is 9.59 Å². The number of rotatable bonds is 9. The van der Waals surface area contributed by atoms with Crippen molar-refractivity contribution < 1.29 is 14.3 Å². The Morgan fingerprint density at radius 3 is 2.25 bits per heavy atom. The van der Waals surface area contributed by atoms with Crippen LogP contribution in [-0.2, 0) is 22.0 Å². The van der Waals surface area contributed by atoms with E-state index in [4.69, 9.17) is 10.00 Å². The molecule has 1 unspecified atom stereocenters. The number of nitrogens with one attached hydrogen (secondary N) is 2. The molecular formula is C32H31N5O3.